The molecule has 0 atom stereocenters. The van der Waals surface area contributed by atoms with Gasteiger partial charge in [0.25, 0.3) is 10.0 Å². The molecule has 2 aromatic rings. The normalized spacial score (nSPS) is 14.0. The Kier molecular flexibility index (Phi) is 3.54. The minimum atomic E-state index is -3.68. The van der Waals surface area contributed by atoms with Gasteiger partial charge in [-0.1, -0.05) is 11.6 Å². The molecule has 8 heteroatoms. The van der Waals surface area contributed by atoms with E-state index in [1.165, 1.54) is 13.3 Å². The lowest BCUT2D eigenvalue weighted by molar-refractivity contribution is 0.415. The lowest BCUT2D eigenvalue weighted by Gasteiger charge is -2.11. The Morgan fingerprint density at radius 3 is 3.00 bits per heavy atom. The third-order valence-corrected chi connectivity index (χ3v) is 5.06. The molecule has 0 saturated heterocycles. The van der Waals surface area contributed by atoms with E-state index < -0.39 is 10.0 Å². The van der Waals surface area contributed by atoms with E-state index in [1.807, 2.05) is 0 Å². The molecular formula is C13H14ClN3O3S. The molecule has 0 spiro atoms. The van der Waals surface area contributed by atoms with Crippen LogP contribution in [0.5, 0.6) is 5.75 Å². The lowest BCUT2D eigenvalue weighted by Crippen LogP contribution is -2.17. The largest absolute Gasteiger partial charge is 0.495 e. The summed E-state index contributed by atoms with van der Waals surface area (Å²) in [6, 6.07) is 4.71. The summed E-state index contributed by atoms with van der Waals surface area (Å²) in [7, 11) is -2.21. The second-order valence-corrected chi connectivity index (χ2v) is 6.76. The van der Waals surface area contributed by atoms with Crippen LogP contribution in [-0.2, 0) is 23.0 Å². The van der Waals surface area contributed by atoms with Crippen LogP contribution in [0.15, 0.2) is 29.4 Å². The fourth-order valence-electron chi connectivity index (χ4n) is 2.38. The highest BCUT2D eigenvalue weighted by Crippen LogP contribution is 2.29. The van der Waals surface area contributed by atoms with Gasteiger partial charge >= 0.3 is 0 Å². The molecule has 0 bridgehead atoms. The molecule has 1 aliphatic heterocycles. The Balaban J connectivity index is 1.93. The average Bonchev–Trinajstić information content (AvgIpc) is 3.02. The number of sulfonamides is 1. The zero-order valence-electron chi connectivity index (χ0n) is 11.3. The highest BCUT2D eigenvalue weighted by atomic mass is 35.5. The molecule has 0 fully saturated rings. The Morgan fingerprint density at radius 1 is 1.43 bits per heavy atom. The van der Waals surface area contributed by atoms with Crippen LogP contribution in [0.2, 0.25) is 5.02 Å². The van der Waals surface area contributed by atoms with Crippen molar-refractivity contribution in [2.75, 3.05) is 11.8 Å². The summed E-state index contributed by atoms with van der Waals surface area (Å²) in [5.41, 5.74) is 0.393. The van der Waals surface area contributed by atoms with E-state index in [4.69, 9.17) is 16.3 Å². The molecule has 0 unspecified atom stereocenters. The number of aromatic nitrogens is 2. The number of nitrogens with zero attached hydrogens (tertiary/aromatic N) is 2. The number of benzene rings is 1. The van der Waals surface area contributed by atoms with Gasteiger partial charge in [0.15, 0.2) is 5.03 Å². The molecule has 1 aliphatic rings. The van der Waals surface area contributed by atoms with Crippen LogP contribution in [0.1, 0.15) is 12.2 Å². The van der Waals surface area contributed by atoms with Gasteiger partial charge in [0.05, 0.1) is 24.0 Å². The van der Waals surface area contributed by atoms with Gasteiger partial charge in [-0.25, -0.2) is 4.98 Å². The van der Waals surface area contributed by atoms with Crippen molar-refractivity contribution in [3.05, 3.63) is 35.2 Å². The van der Waals surface area contributed by atoms with Gasteiger partial charge in [0.1, 0.15) is 11.6 Å². The first-order valence-electron chi connectivity index (χ1n) is 6.42. The maximum atomic E-state index is 12.5. The summed E-state index contributed by atoms with van der Waals surface area (Å²) < 4.78 is 34.3. The lowest BCUT2D eigenvalue weighted by atomic mass is 10.3. The van der Waals surface area contributed by atoms with Gasteiger partial charge in [0.2, 0.25) is 0 Å². The van der Waals surface area contributed by atoms with Crippen molar-refractivity contribution in [1.29, 1.82) is 0 Å². The number of nitrogens with one attached hydrogen (secondary N) is 1. The van der Waals surface area contributed by atoms with Crippen molar-refractivity contribution in [3.63, 3.8) is 0 Å². The molecule has 2 heterocycles. The maximum Gasteiger partial charge on any atom is 0.279 e. The molecule has 0 aliphatic carbocycles. The maximum absolute atomic E-state index is 12.5. The Morgan fingerprint density at radius 2 is 2.24 bits per heavy atom. The van der Waals surface area contributed by atoms with Crippen LogP contribution in [0, 0.1) is 0 Å². The zero-order chi connectivity index (χ0) is 15.0. The number of aryl methyl sites for hydroxylation is 1. The molecule has 0 amide bonds. The van der Waals surface area contributed by atoms with E-state index in [0.29, 0.717) is 23.0 Å². The fourth-order valence-corrected chi connectivity index (χ4v) is 3.79. The van der Waals surface area contributed by atoms with E-state index in [2.05, 4.69) is 9.71 Å². The van der Waals surface area contributed by atoms with Crippen LogP contribution in [0.4, 0.5) is 5.69 Å². The molecule has 21 heavy (non-hydrogen) atoms. The van der Waals surface area contributed by atoms with E-state index >= 15 is 0 Å². The number of ether oxygens (including phenoxy) is 1. The van der Waals surface area contributed by atoms with Gasteiger partial charge < -0.3 is 9.30 Å². The van der Waals surface area contributed by atoms with Crippen molar-refractivity contribution in [1.82, 2.24) is 9.55 Å². The van der Waals surface area contributed by atoms with Crippen LogP contribution >= 0.6 is 11.6 Å². The molecule has 0 saturated carbocycles. The number of methoxy groups -OCH3 is 1. The molecule has 1 aromatic heterocycles. The molecule has 3 rings (SSSR count). The standard InChI is InChI=1S/C13H14ClN3O3S/c1-20-11-7-9(4-5-10(11)14)16-21(18,19)13-8-15-12-3-2-6-17(12)13/h4-5,7-8,16H,2-3,6H2,1H3. The van der Waals surface area contributed by atoms with Crippen LogP contribution in [0.3, 0.4) is 0 Å². The van der Waals surface area contributed by atoms with Crippen molar-refractivity contribution in [2.24, 2.45) is 0 Å². The predicted molar refractivity (Wildman–Crippen MR) is 79.4 cm³/mol. The highest BCUT2D eigenvalue weighted by molar-refractivity contribution is 7.92. The third kappa shape index (κ3) is 2.58. The van der Waals surface area contributed by atoms with Gasteiger partial charge in [0, 0.05) is 19.0 Å². The van der Waals surface area contributed by atoms with E-state index in [0.717, 1.165) is 18.7 Å². The first-order chi connectivity index (χ1) is 10.0. The Bertz CT molecular complexity index is 786. The van der Waals surface area contributed by atoms with Crippen LogP contribution < -0.4 is 9.46 Å². The molecule has 6 nitrogen and oxygen atoms in total. The fraction of sp³-hybridized carbons (Fsp3) is 0.308. The molecule has 1 aromatic carbocycles. The number of hydrogen-bond donors (Lipinski definition) is 1. The van der Waals surface area contributed by atoms with Gasteiger partial charge in [-0.15, -0.1) is 0 Å². The average molecular weight is 328 g/mol. The highest BCUT2D eigenvalue weighted by Gasteiger charge is 2.25. The Labute approximate surface area is 127 Å². The monoisotopic (exact) mass is 327 g/mol. The van der Waals surface area contributed by atoms with Crippen molar-refractivity contribution in [3.8, 4) is 5.75 Å². The molecule has 1 N–H and O–H groups in total. The molecule has 0 radical (unpaired) electrons. The van der Waals surface area contributed by atoms with Gasteiger partial charge in [-0.3, -0.25) is 4.72 Å². The van der Waals surface area contributed by atoms with Gasteiger partial charge in [-0.05, 0) is 18.6 Å². The van der Waals surface area contributed by atoms with Gasteiger partial charge in [-0.2, -0.15) is 8.42 Å². The van der Waals surface area contributed by atoms with Crippen molar-refractivity contribution >= 4 is 27.3 Å². The number of rotatable bonds is 4. The van der Waals surface area contributed by atoms with Crippen molar-refractivity contribution in [2.45, 2.75) is 24.4 Å². The number of anilines is 1. The predicted octanol–water partition coefficient (Wildman–Crippen LogP) is 2.29. The van der Waals surface area contributed by atoms with E-state index in [1.54, 1.807) is 22.8 Å². The summed E-state index contributed by atoms with van der Waals surface area (Å²) in [5.74, 6) is 1.22. The summed E-state index contributed by atoms with van der Waals surface area (Å²) >= 11 is 5.93. The first-order valence-corrected chi connectivity index (χ1v) is 8.28. The summed E-state index contributed by atoms with van der Waals surface area (Å²) in [4.78, 5) is 4.15. The zero-order valence-corrected chi connectivity index (χ0v) is 12.9. The minimum Gasteiger partial charge on any atom is -0.495 e. The SMILES string of the molecule is COc1cc(NS(=O)(=O)c2cnc3n2CCC3)ccc1Cl. The number of hydrogen-bond acceptors (Lipinski definition) is 4. The van der Waals surface area contributed by atoms with Crippen LogP contribution in [-0.4, -0.2) is 25.1 Å². The number of imidazole rings is 1. The Hall–Kier alpha value is -1.73. The summed E-state index contributed by atoms with van der Waals surface area (Å²) in [6.07, 6.45) is 3.12. The summed E-state index contributed by atoms with van der Waals surface area (Å²) in [5, 5.41) is 0.606. The second kappa shape index (κ2) is 5.23. The van der Waals surface area contributed by atoms with E-state index in [-0.39, 0.29) is 5.03 Å². The minimum absolute atomic E-state index is 0.184. The second-order valence-electron chi connectivity index (χ2n) is 4.72. The summed E-state index contributed by atoms with van der Waals surface area (Å²) in [6.45, 7) is 0.676. The number of fused-ring (bicyclic) bond motifs is 1. The molecule has 112 valence electrons. The van der Waals surface area contributed by atoms with E-state index in [9.17, 15) is 8.42 Å². The molecular weight excluding hydrogens is 314 g/mol. The topological polar surface area (TPSA) is 73.2 Å². The quantitative estimate of drug-likeness (QED) is 0.935. The first kappa shape index (κ1) is 14.2. The number of halogens is 1. The smallest absolute Gasteiger partial charge is 0.279 e. The van der Waals surface area contributed by atoms with Crippen molar-refractivity contribution < 1.29 is 13.2 Å². The van der Waals surface area contributed by atoms with Crippen LogP contribution in [0.25, 0.3) is 0 Å². The third-order valence-electron chi connectivity index (χ3n) is 3.36.